The van der Waals surface area contributed by atoms with Crippen LogP contribution >= 0.6 is 0 Å². The van der Waals surface area contributed by atoms with Crippen LogP contribution in [0.15, 0.2) is 42.5 Å². The van der Waals surface area contributed by atoms with Crippen molar-refractivity contribution in [3.05, 3.63) is 48.0 Å². The number of likely N-dealkylation sites (tertiary alicyclic amines) is 1. The van der Waals surface area contributed by atoms with Gasteiger partial charge in [-0.15, -0.1) is 0 Å². The van der Waals surface area contributed by atoms with Crippen LogP contribution in [-0.4, -0.2) is 54.4 Å². The van der Waals surface area contributed by atoms with Crippen molar-refractivity contribution in [2.75, 3.05) is 32.8 Å². The summed E-state index contributed by atoms with van der Waals surface area (Å²) in [5.74, 6) is 0. The molecule has 2 aromatic rings. The Morgan fingerprint density at radius 2 is 1.91 bits per heavy atom. The number of hydrogen-bond donors (Lipinski definition) is 1. The molecule has 22 heavy (non-hydrogen) atoms. The van der Waals surface area contributed by atoms with Crippen LogP contribution < -0.4 is 0 Å². The first-order valence-corrected chi connectivity index (χ1v) is 7.77. The van der Waals surface area contributed by atoms with E-state index in [2.05, 4.69) is 47.4 Å². The largest absolute Gasteiger partial charge is 0.412 e. The molecule has 4 nitrogen and oxygen atoms in total. The van der Waals surface area contributed by atoms with Gasteiger partial charge in [0.05, 0.1) is 19.3 Å². The number of benzene rings is 2. The van der Waals surface area contributed by atoms with Crippen molar-refractivity contribution < 1.29 is 15.3 Å². The van der Waals surface area contributed by atoms with E-state index in [-0.39, 0.29) is 11.6 Å². The van der Waals surface area contributed by atoms with Gasteiger partial charge in [0.2, 0.25) is 0 Å². The second-order valence-corrected chi connectivity index (χ2v) is 5.79. The van der Waals surface area contributed by atoms with Gasteiger partial charge in [0.25, 0.3) is 0 Å². The lowest BCUT2D eigenvalue weighted by atomic mass is 10.1. The Morgan fingerprint density at radius 1 is 1.09 bits per heavy atom. The Kier molecular flexibility index (Phi) is 6.34. The van der Waals surface area contributed by atoms with Gasteiger partial charge in [-0.2, -0.15) is 0 Å². The maximum absolute atomic E-state index is 9.46. The first kappa shape index (κ1) is 16.9. The summed E-state index contributed by atoms with van der Waals surface area (Å²) in [5, 5.41) is 12.0. The van der Waals surface area contributed by atoms with Gasteiger partial charge in [-0.05, 0) is 29.2 Å². The van der Waals surface area contributed by atoms with E-state index in [9.17, 15) is 5.11 Å². The van der Waals surface area contributed by atoms with Crippen LogP contribution in [0.3, 0.4) is 0 Å². The van der Waals surface area contributed by atoms with Crippen molar-refractivity contribution in [1.82, 2.24) is 4.90 Å². The lowest BCUT2D eigenvalue weighted by Gasteiger charge is -2.14. The Balaban J connectivity index is 0.00000176. The second kappa shape index (κ2) is 8.25. The Labute approximate surface area is 131 Å². The maximum Gasteiger partial charge on any atom is 0.0679 e. The third-order valence-electron chi connectivity index (χ3n) is 4.15. The van der Waals surface area contributed by atoms with Crippen LogP contribution in [0, 0.1) is 0 Å². The number of aliphatic hydroxyl groups is 1. The Morgan fingerprint density at radius 3 is 2.68 bits per heavy atom. The average molecular weight is 303 g/mol. The highest BCUT2D eigenvalue weighted by Gasteiger charge is 2.19. The standard InChI is InChI=1S/C18H23NO2.H2O/c20-18-7-9-19(14-18)10-12-21-11-8-15-5-6-16-3-1-2-4-17(16)13-15;/h1-6,13,18,20H,7-12,14H2;1H2. The second-order valence-electron chi connectivity index (χ2n) is 5.79. The van der Waals surface area contributed by atoms with Gasteiger partial charge in [0.1, 0.15) is 0 Å². The van der Waals surface area contributed by atoms with Crippen LogP contribution in [-0.2, 0) is 11.2 Å². The summed E-state index contributed by atoms with van der Waals surface area (Å²) in [7, 11) is 0. The van der Waals surface area contributed by atoms with Crippen molar-refractivity contribution in [2.45, 2.75) is 18.9 Å². The molecule has 0 amide bonds. The predicted octanol–water partition coefficient (Wildman–Crippen LogP) is 1.64. The summed E-state index contributed by atoms with van der Waals surface area (Å²) in [6.07, 6.45) is 1.72. The van der Waals surface area contributed by atoms with Gasteiger partial charge in [0.15, 0.2) is 0 Å². The third kappa shape index (κ3) is 4.52. The number of β-amino-alcohol motifs (C(OH)–C–C–N with tert-alkyl or cyclic N) is 1. The van der Waals surface area contributed by atoms with Crippen molar-refractivity contribution in [2.24, 2.45) is 0 Å². The lowest BCUT2D eigenvalue weighted by Crippen LogP contribution is -2.26. The zero-order chi connectivity index (χ0) is 14.5. The van der Waals surface area contributed by atoms with Gasteiger partial charge in [-0.25, -0.2) is 0 Å². The number of hydrogen-bond acceptors (Lipinski definition) is 3. The summed E-state index contributed by atoms with van der Waals surface area (Å²) < 4.78 is 5.72. The minimum atomic E-state index is -0.136. The van der Waals surface area contributed by atoms with Crippen molar-refractivity contribution in [3.63, 3.8) is 0 Å². The van der Waals surface area contributed by atoms with E-state index in [4.69, 9.17) is 4.74 Å². The lowest BCUT2D eigenvalue weighted by molar-refractivity contribution is 0.106. The van der Waals surface area contributed by atoms with Crippen LogP contribution in [0.1, 0.15) is 12.0 Å². The monoisotopic (exact) mass is 303 g/mol. The number of aliphatic hydroxyl groups excluding tert-OH is 1. The number of ether oxygens (including phenoxy) is 1. The van der Waals surface area contributed by atoms with Crippen LogP contribution in [0.2, 0.25) is 0 Å². The molecule has 1 aliphatic heterocycles. The molecule has 3 rings (SSSR count). The molecule has 1 unspecified atom stereocenters. The summed E-state index contributed by atoms with van der Waals surface area (Å²) in [6.45, 7) is 4.23. The Hall–Kier alpha value is -1.46. The molecule has 1 saturated heterocycles. The highest BCUT2D eigenvalue weighted by molar-refractivity contribution is 5.82. The SMILES string of the molecule is O.OC1CCN(CCOCCc2ccc3ccccc3c2)C1. The molecule has 0 aliphatic carbocycles. The third-order valence-corrected chi connectivity index (χ3v) is 4.15. The van der Waals surface area contributed by atoms with Gasteiger partial charge in [-0.1, -0.05) is 42.5 Å². The molecule has 4 heteroatoms. The van der Waals surface area contributed by atoms with E-state index in [0.717, 1.165) is 45.7 Å². The highest BCUT2D eigenvalue weighted by atomic mass is 16.5. The molecule has 1 fully saturated rings. The minimum Gasteiger partial charge on any atom is -0.412 e. The van der Waals surface area contributed by atoms with E-state index in [0.29, 0.717) is 0 Å². The fraction of sp³-hybridized carbons (Fsp3) is 0.444. The van der Waals surface area contributed by atoms with Crippen LogP contribution in [0.4, 0.5) is 0 Å². The van der Waals surface area contributed by atoms with Gasteiger partial charge in [0, 0.05) is 19.6 Å². The zero-order valence-electron chi connectivity index (χ0n) is 12.9. The van der Waals surface area contributed by atoms with Gasteiger partial charge in [-0.3, -0.25) is 4.90 Å². The van der Waals surface area contributed by atoms with Crippen LogP contribution in [0.5, 0.6) is 0 Å². The number of rotatable bonds is 6. The van der Waals surface area contributed by atoms with E-state index >= 15 is 0 Å². The minimum absolute atomic E-state index is 0. The molecule has 1 atom stereocenters. The fourth-order valence-electron chi connectivity index (χ4n) is 2.90. The van der Waals surface area contributed by atoms with Gasteiger partial charge >= 0.3 is 0 Å². The molecule has 0 saturated carbocycles. The molecule has 1 aliphatic rings. The molecule has 0 aromatic heterocycles. The maximum atomic E-state index is 9.46. The Bertz CT molecular complexity index is 587. The van der Waals surface area contributed by atoms with E-state index in [1.165, 1.54) is 16.3 Å². The normalized spacial score (nSPS) is 18.5. The first-order chi connectivity index (χ1) is 10.3. The molecule has 3 N–H and O–H groups in total. The van der Waals surface area contributed by atoms with Crippen molar-refractivity contribution >= 4 is 10.8 Å². The topological polar surface area (TPSA) is 64.2 Å². The zero-order valence-corrected chi connectivity index (χ0v) is 12.9. The molecular formula is C18H25NO3. The van der Waals surface area contributed by atoms with E-state index in [1.54, 1.807) is 0 Å². The van der Waals surface area contributed by atoms with Crippen LogP contribution in [0.25, 0.3) is 10.8 Å². The van der Waals surface area contributed by atoms with E-state index in [1.807, 2.05) is 0 Å². The summed E-state index contributed by atoms with van der Waals surface area (Å²) in [6, 6.07) is 15.0. The summed E-state index contributed by atoms with van der Waals surface area (Å²) in [5.41, 5.74) is 1.32. The fourth-order valence-corrected chi connectivity index (χ4v) is 2.90. The summed E-state index contributed by atoms with van der Waals surface area (Å²) in [4.78, 5) is 2.26. The smallest absolute Gasteiger partial charge is 0.0679 e. The molecule has 120 valence electrons. The first-order valence-electron chi connectivity index (χ1n) is 7.77. The molecular weight excluding hydrogens is 278 g/mol. The molecule has 0 bridgehead atoms. The quantitative estimate of drug-likeness (QED) is 0.825. The molecule has 0 spiro atoms. The highest BCUT2D eigenvalue weighted by Crippen LogP contribution is 2.16. The molecule has 1 heterocycles. The number of fused-ring (bicyclic) bond motifs is 1. The molecule has 0 radical (unpaired) electrons. The predicted molar refractivity (Wildman–Crippen MR) is 89.1 cm³/mol. The average Bonchev–Trinajstić information content (AvgIpc) is 2.92. The van der Waals surface area contributed by atoms with Gasteiger partial charge < -0.3 is 15.3 Å². The van der Waals surface area contributed by atoms with Crippen molar-refractivity contribution in [3.8, 4) is 0 Å². The van der Waals surface area contributed by atoms with Crippen molar-refractivity contribution in [1.29, 1.82) is 0 Å². The number of nitrogens with zero attached hydrogens (tertiary/aromatic N) is 1. The molecule has 2 aromatic carbocycles. The summed E-state index contributed by atoms with van der Waals surface area (Å²) >= 11 is 0. The van der Waals surface area contributed by atoms with E-state index < -0.39 is 0 Å².